The molecule has 2 rings (SSSR count). The summed E-state index contributed by atoms with van der Waals surface area (Å²) in [5.41, 5.74) is 2.31. The van der Waals surface area contributed by atoms with Crippen molar-refractivity contribution < 1.29 is 14.3 Å². The third-order valence-corrected chi connectivity index (χ3v) is 3.14. The van der Waals surface area contributed by atoms with Gasteiger partial charge < -0.3 is 10.1 Å². The second-order valence-electron chi connectivity index (χ2n) is 4.52. The number of hydrogen-bond acceptors (Lipinski definition) is 3. The summed E-state index contributed by atoms with van der Waals surface area (Å²) in [4.78, 5) is 23.1. The third kappa shape index (κ3) is 2.53. The smallest absolute Gasteiger partial charge is 0.221 e. The number of carbonyl (C=O) groups excluding carboxylic acids is 2. The second-order valence-corrected chi connectivity index (χ2v) is 4.52. The zero-order valence-corrected chi connectivity index (χ0v) is 10.7. The first-order chi connectivity index (χ1) is 8.61. The molecule has 1 aliphatic carbocycles. The van der Waals surface area contributed by atoms with Gasteiger partial charge in [-0.05, 0) is 37.0 Å². The lowest BCUT2D eigenvalue weighted by Gasteiger charge is -2.13. The Labute approximate surface area is 106 Å². The molecule has 0 saturated heterocycles. The van der Waals surface area contributed by atoms with Crippen LogP contribution in [0.1, 0.15) is 42.1 Å². The maximum absolute atomic E-state index is 12.0. The molecule has 1 N–H and O–H groups in total. The molecule has 0 aliphatic heterocycles. The number of ether oxygens (including phenoxy) is 1. The zero-order chi connectivity index (χ0) is 13.1. The maximum Gasteiger partial charge on any atom is 0.221 e. The molecule has 0 saturated carbocycles. The molecule has 0 fully saturated rings. The number of amides is 1. The number of aryl methyl sites for hydroxylation is 1. The van der Waals surface area contributed by atoms with Gasteiger partial charge in [-0.1, -0.05) is 0 Å². The Kier molecular flexibility index (Phi) is 3.65. The fraction of sp³-hybridized carbons (Fsp3) is 0.429. The number of carbonyl (C=O) groups is 2. The molecular formula is C14H17NO3. The highest BCUT2D eigenvalue weighted by Gasteiger charge is 2.19. The molecule has 0 bridgehead atoms. The average Bonchev–Trinajstić information content (AvgIpc) is 2.50. The lowest BCUT2D eigenvalue weighted by molar-refractivity contribution is -0.114. The lowest BCUT2D eigenvalue weighted by Crippen LogP contribution is -2.10. The number of hydrogen-bond donors (Lipinski definition) is 1. The van der Waals surface area contributed by atoms with Crippen molar-refractivity contribution in [2.75, 3.05) is 12.4 Å². The molecule has 0 atom stereocenters. The molecule has 4 heteroatoms. The zero-order valence-electron chi connectivity index (χ0n) is 10.7. The van der Waals surface area contributed by atoms with Crippen molar-refractivity contribution in [2.24, 2.45) is 0 Å². The van der Waals surface area contributed by atoms with Gasteiger partial charge in [-0.15, -0.1) is 0 Å². The Balaban J connectivity index is 2.48. The number of fused-ring (bicyclic) bond motifs is 1. The first kappa shape index (κ1) is 12.6. The summed E-state index contributed by atoms with van der Waals surface area (Å²) in [7, 11) is 1.56. The van der Waals surface area contributed by atoms with E-state index < -0.39 is 0 Å². The summed E-state index contributed by atoms with van der Waals surface area (Å²) >= 11 is 0. The molecule has 18 heavy (non-hydrogen) atoms. The number of anilines is 1. The number of benzene rings is 1. The summed E-state index contributed by atoms with van der Waals surface area (Å²) in [6, 6.07) is 3.60. The minimum Gasteiger partial charge on any atom is -0.495 e. The van der Waals surface area contributed by atoms with Crippen molar-refractivity contribution in [3.05, 3.63) is 23.3 Å². The fourth-order valence-electron chi connectivity index (χ4n) is 2.28. The number of nitrogens with one attached hydrogen (secondary N) is 1. The van der Waals surface area contributed by atoms with E-state index in [0.717, 1.165) is 30.4 Å². The fourth-order valence-corrected chi connectivity index (χ4v) is 2.28. The van der Waals surface area contributed by atoms with Crippen LogP contribution in [-0.2, 0) is 11.2 Å². The van der Waals surface area contributed by atoms with Crippen LogP contribution in [0, 0.1) is 0 Å². The molecule has 0 spiro atoms. The van der Waals surface area contributed by atoms with Crippen LogP contribution in [0.15, 0.2) is 12.1 Å². The van der Waals surface area contributed by atoms with Crippen LogP contribution in [-0.4, -0.2) is 18.8 Å². The highest BCUT2D eigenvalue weighted by Crippen LogP contribution is 2.32. The normalized spacial score (nSPS) is 14.7. The van der Waals surface area contributed by atoms with Gasteiger partial charge in [0.1, 0.15) is 5.75 Å². The van der Waals surface area contributed by atoms with E-state index in [1.807, 2.05) is 6.07 Å². The Morgan fingerprint density at radius 3 is 2.67 bits per heavy atom. The van der Waals surface area contributed by atoms with Crippen LogP contribution >= 0.6 is 0 Å². The van der Waals surface area contributed by atoms with E-state index in [-0.39, 0.29) is 11.7 Å². The van der Waals surface area contributed by atoms with Crippen LogP contribution in [0.25, 0.3) is 0 Å². The van der Waals surface area contributed by atoms with Crippen LogP contribution in [0.4, 0.5) is 5.69 Å². The summed E-state index contributed by atoms with van der Waals surface area (Å²) < 4.78 is 5.26. The minimum absolute atomic E-state index is 0.150. The molecule has 1 amide bonds. The van der Waals surface area contributed by atoms with Gasteiger partial charge in [-0.3, -0.25) is 9.59 Å². The van der Waals surface area contributed by atoms with E-state index in [1.165, 1.54) is 6.92 Å². The van der Waals surface area contributed by atoms with Gasteiger partial charge in [0.15, 0.2) is 5.78 Å². The highest BCUT2D eigenvalue weighted by molar-refractivity contribution is 6.00. The quantitative estimate of drug-likeness (QED) is 0.817. The van der Waals surface area contributed by atoms with Crippen molar-refractivity contribution in [1.82, 2.24) is 0 Å². The number of rotatable bonds is 2. The van der Waals surface area contributed by atoms with Gasteiger partial charge >= 0.3 is 0 Å². The van der Waals surface area contributed by atoms with Gasteiger partial charge in [0.25, 0.3) is 0 Å². The Hall–Kier alpha value is -1.84. The molecule has 96 valence electrons. The molecule has 1 aromatic carbocycles. The van der Waals surface area contributed by atoms with E-state index in [2.05, 4.69) is 5.32 Å². The van der Waals surface area contributed by atoms with Crippen LogP contribution in [0.3, 0.4) is 0 Å². The predicted octanol–water partition coefficient (Wildman–Crippen LogP) is 2.56. The van der Waals surface area contributed by atoms with Gasteiger partial charge in [0.2, 0.25) is 5.91 Å². The molecule has 1 aromatic rings. The number of Topliss-reactive ketones (excluding diaryl/α,β-unsaturated/α-hetero) is 1. The monoisotopic (exact) mass is 247 g/mol. The SMILES string of the molecule is COc1cc2c(cc1NC(C)=O)C(=O)CCCC2. The summed E-state index contributed by atoms with van der Waals surface area (Å²) in [6.45, 7) is 1.44. The van der Waals surface area contributed by atoms with Crippen molar-refractivity contribution >= 4 is 17.4 Å². The van der Waals surface area contributed by atoms with Gasteiger partial charge in [0.05, 0.1) is 12.8 Å². The van der Waals surface area contributed by atoms with Crippen molar-refractivity contribution in [3.8, 4) is 5.75 Å². The number of methoxy groups -OCH3 is 1. The van der Waals surface area contributed by atoms with E-state index >= 15 is 0 Å². The van der Waals surface area contributed by atoms with E-state index in [9.17, 15) is 9.59 Å². The molecule has 4 nitrogen and oxygen atoms in total. The summed E-state index contributed by atoms with van der Waals surface area (Å²) in [5, 5.41) is 2.70. The topological polar surface area (TPSA) is 55.4 Å². The maximum atomic E-state index is 12.0. The molecule has 1 aliphatic rings. The van der Waals surface area contributed by atoms with Crippen LogP contribution in [0.5, 0.6) is 5.75 Å². The molecular weight excluding hydrogens is 230 g/mol. The first-order valence-corrected chi connectivity index (χ1v) is 6.13. The Morgan fingerprint density at radius 2 is 2.00 bits per heavy atom. The van der Waals surface area contributed by atoms with Crippen LogP contribution in [0.2, 0.25) is 0 Å². The van der Waals surface area contributed by atoms with Crippen LogP contribution < -0.4 is 10.1 Å². The van der Waals surface area contributed by atoms with E-state index in [4.69, 9.17) is 4.74 Å². The average molecular weight is 247 g/mol. The highest BCUT2D eigenvalue weighted by atomic mass is 16.5. The second kappa shape index (κ2) is 5.21. The Morgan fingerprint density at radius 1 is 1.28 bits per heavy atom. The minimum atomic E-state index is -0.172. The van der Waals surface area contributed by atoms with Crippen molar-refractivity contribution in [3.63, 3.8) is 0 Å². The predicted molar refractivity (Wildman–Crippen MR) is 69.2 cm³/mol. The van der Waals surface area contributed by atoms with Crippen molar-refractivity contribution in [1.29, 1.82) is 0 Å². The Bertz CT molecular complexity index is 494. The molecule has 0 aromatic heterocycles. The largest absolute Gasteiger partial charge is 0.495 e. The van der Waals surface area contributed by atoms with Gasteiger partial charge in [-0.25, -0.2) is 0 Å². The summed E-state index contributed by atoms with van der Waals surface area (Å²) in [6.07, 6.45) is 3.41. The molecule has 0 radical (unpaired) electrons. The standard InChI is InChI=1S/C14H17NO3/c1-9(16)15-12-8-11-10(7-14(12)18-2)5-3-4-6-13(11)17/h7-8H,3-6H2,1-2H3,(H,15,16). The van der Waals surface area contributed by atoms with Gasteiger partial charge in [-0.2, -0.15) is 0 Å². The van der Waals surface area contributed by atoms with E-state index in [1.54, 1.807) is 13.2 Å². The number of ketones is 1. The van der Waals surface area contributed by atoms with Crippen molar-refractivity contribution in [2.45, 2.75) is 32.6 Å². The first-order valence-electron chi connectivity index (χ1n) is 6.13. The van der Waals surface area contributed by atoms with E-state index in [0.29, 0.717) is 17.9 Å². The molecule has 0 heterocycles. The summed E-state index contributed by atoms with van der Waals surface area (Å²) in [5.74, 6) is 0.588. The van der Waals surface area contributed by atoms with Gasteiger partial charge in [0, 0.05) is 18.9 Å². The molecule has 0 unspecified atom stereocenters. The lowest BCUT2D eigenvalue weighted by atomic mass is 10.0. The third-order valence-electron chi connectivity index (χ3n) is 3.14.